The quantitative estimate of drug-likeness (QED) is 0.935. The van der Waals surface area contributed by atoms with Gasteiger partial charge in [-0.25, -0.2) is 0 Å². The minimum Gasteiger partial charge on any atom is -0.312 e. The molecule has 1 N–H and O–H groups in total. The maximum absolute atomic E-state index is 12.3. The summed E-state index contributed by atoms with van der Waals surface area (Å²) in [5, 5.41) is 12.1. The fourth-order valence-corrected chi connectivity index (χ4v) is 3.36. The normalized spacial score (nSPS) is 17.6. The van der Waals surface area contributed by atoms with E-state index in [9.17, 15) is 9.59 Å². The zero-order chi connectivity index (χ0) is 16.4. The Morgan fingerprint density at radius 2 is 2.09 bits per heavy atom. The lowest BCUT2D eigenvalue weighted by atomic mass is 10.1. The largest absolute Gasteiger partial charge is 0.312 e. The minimum absolute atomic E-state index is 0.0218. The van der Waals surface area contributed by atoms with Crippen molar-refractivity contribution in [3.05, 3.63) is 34.8 Å². The summed E-state index contributed by atoms with van der Waals surface area (Å²) in [6.45, 7) is 4.40. The number of nitrogens with one attached hydrogen (secondary N) is 1. The number of carbonyl (C=O) groups is 2. The van der Waals surface area contributed by atoms with Crippen LogP contribution in [0.2, 0.25) is 0 Å². The van der Waals surface area contributed by atoms with Crippen LogP contribution < -0.4 is 10.2 Å². The molecule has 0 bridgehead atoms. The molecule has 2 aromatic rings. The highest BCUT2D eigenvalue weighted by Crippen LogP contribution is 2.34. The number of anilines is 2. The Bertz CT molecular complexity index is 726. The number of hydrogen-bond acceptors (Lipinski definition) is 5. The van der Waals surface area contributed by atoms with Crippen LogP contribution in [0.1, 0.15) is 36.3 Å². The molecular formula is C16H18N4O2S. The van der Waals surface area contributed by atoms with Crippen molar-refractivity contribution in [2.24, 2.45) is 0 Å². The number of aryl methyl sites for hydroxylation is 1. The van der Waals surface area contributed by atoms with Crippen molar-refractivity contribution >= 4 is 34.0 Å². The first kappa shape index (κ1) is 15.6. The van der Waals surface area contributed by atoms with Crippen LogP contribution in [0.25, 0.3) is 0 Å². The Balaban J connectivity index is 1.72. The van der Waals surface area contributed by atoms with Crippen LogP contribution >= 0.6 is 11.3 Å². The SMILES string of the molecule is CCC(=O)Nc1nnc(C2CC(=O)N(c3ccc(C)cc3)C2)s1. The van der Waals surface area contributed by atoms with E-state index in [1.54, 1.807) is 11.8 Å². The fraction of sp³-hybridized carbons (Fsp3) is 0.375. The molecule has 7 heteroatoms. The highest BCUT2D eigenvalue weighted by Gasteiger charge is 2.33. The van der Waals surface area contributed by atoms with E-state index in [2.05, 4.69) is 15.5 Å². The summed E-state index contributed by atoms with van der Waals surface area (Å²) in [5.41, 5.74) is 2.07. The first-order chi connectivity index (χ1) is 11.1. The van der Waals surface area contributed by atoms with E-state index in [1.807, 2.05) is 31.2 Å². The lowest BCUT2D eigenvalue weighted by Crippen LogP contribution is -2.24. The summed E-state index contributed by atoms with van der Waals surface area (Å²) in [7, 11) is 0. The molecule has 120 valence electrons. The van der Waals surface area contributed by atoms with Crippen molar-refractivity contribution in [1.82, 2.24) is 10.2 Å². The van der Waals surface area contributed by atoms with Gasteiger partial charge in [0, 0.05) is 31.0 Å². The number of aromatic nitrogens is 2. The molecule has 1 aliphatic rings. The Morgan fingerprint density at radius 3 is 2.78 bits per heavy atom. The monoisotopic (exact) mass is 330 g/mol. The van der Waals surface area contributed by atoms with Gasteiger partial charge >= 0.3 is 0 Å². The Hall–Kier alpha value is -2.28. The van der Waals surface area contributed by atoms with E-state index >= 15 is 0 Å². The minimum atomic E-state index is -0.0866. The maximum atomic E-state index is 12.3. The van der Waals surface area contributed by atoms with E-state index in [0.717, 1.165) is 16.3 Å². The fourth-order valence-electron chi connectivity index (χ4n) is 2.50. The average molecular weight is 330 g/mol. The highest BCUT2D eigenvalue weighted by molar-refractivity contribution is 7.15. The number of rotatable bonds is 4. The van der Waals surface area contributed by atoms with Crippen LogP contribution in [0.4, 0.5) is 10.8 Å². The molecule has 0 aliphatic carbocycles. The molecule has 2 amide bonds. The van der Waals surface area contributed by atoms with Gasteiger partial charge in [0.1, 0.15) is 5.01 Å². The Morgan fingerprint density at radius 1 is 1.35 bits per heavy atom. The number of nitrogens with zero attached hydrogens (tertiary/aromatic N) is 3. The first-order valence-electron chi connectivity index (χ1n) is 7.57. The third kappa shape index (κ3) is 3.39. The second-order valence-electron chi connectivity index (χ2n) is 5.59. The summed E-state index contributed by atoms with van der Waals surface area (Å²) >= 11 is 1.34. The van der Waals surface area contributed by atoms with Crippen molar-refractivity contribution in [3.63, 3.8) is 0 Å². The molecule has 1 aromatic carbocycles. The van der Waals surface area contributed by atoms with Gasteiger partial charge < -0.3 is 10.2 Å². The Labute approximate surface area is 138 Å². The van der Waals surface area contributed by atoms with Crippen molar-refractivity contribution < 1.29 is 9.59 Å². The Kier molecular flexibility index (Phi) is 4.38. The van der Waals surface area contributed by atoms with Gasteiger partial charge in [-0.1, -0.05) is 36.0 Å². The van der Waals surface area contributed by atoms with Crippen molar-refractivity contribution in [2.45, 2.75) is 32.6 Å². The van der Waals surface area contributed by atoms with Gasteiger partial charge in [-0.05, 0) is 19.1 Å². The average Bonchev–Trinajstić information content (AvgIpc) is 3.15. The van der Waals surface area contributed by atoms with Gasteiger partial charge in [0.2, 0.25) is 16.9 Å². The first-order valence-corrected chi connectivity index (χ1v) is 8.38. The number of benzene rings is 1. The molecule has 1 aliphatic heterocycles. The standard InChI is InChI=1S/C16H18N4O2S/c1-3-13(21)17-16-19-18-15(23-16)11-8-14(22)20(9-11)12-6-4-10(2)5-7-12/h4-7,11H,3,8-9H2,1-2H3,(H,17,19,21). The van der Waals surface area contributed by atoms with Crippen LogP contribution in [0.15, 0.2) is 24.3 Å². The van der Waals surface area contributed by atoms with Crippen LogP contribution in [-0.2, 0) is 9.59 Å². The molecule has 2 heterocycles. The van der Waals surface area contributed by atoms with Crippen molar-refractivity contribution in [1.29, 1.82) is 0 Å². The van der Waals surface area contributed by atoms with E-state index in [4.69, 9.17) is 0 Å². The van der Waals surface area contributed by atoms with Gasteiger partial charge in [-0.2, -0.15) is 0 Å². The summed E-state index contributed by atoms with van der Waals surface area (Å²) < 4.78 is 0. The van der Waals surface area contributed by atoms with E-state index in [-0.39, 0.29) is 17.7 Å². The second kappa shape index (κ2) is 6.45. The van der Waals surface area contributed by atoms with E-state index in [0.29, 0.717) is 24.5 Å². The van der Waals surface area contributed by atoms with Gasteiger partial charge in [0.25, 0.3) is 0 Å². The van der Waals surface area contributed by atoms with Crippen LogP contribution in [0, 0.1) is 6.92 Å². The summed E-state index contributed by atoms with van der Waals surface area (Å²) in [6, 6.07) is 7.92. The molecular weight excluding hydrogens is 312 g/mol. The molecule has 0 spiro atoms. The second-order valence-corrected chi connectivity index (χ2v) is 6.60. The van der Waals surface area contributed by atoms with Gasteiger partial charge in [-0.15, -0.1) is 10.2 Å². The smallest absolute Gasteiger partial charge is 0.227 e. The lowest BCUT2D eigenvalue weighted by Gasteiger charge is -2.16. The third-order valence-electron chi connectivity index (χ3n) is 3.83. The zero-order valence-corrected chi connectivity index (χ0v) is 13.9. The van der Waals surface area contributed by atoms with Crippen LogP contribution in [0.3, 0.4) is 0 Å². The summed E-state index contributed by atoms with van der Waals surface area (Å²) in [4.78, 5) is 25.5. The van der Waals surface area contributed by atoms with Crippen LogP contribution in [-0.4, -0.2) is 28.6 Å². The number of amides is 2. The predicted molar refractivity (Wildman–Crippen MR) is 89.7 cm³/mol. The van der Waals surface area contributed by atoms with E-state index < -0.39 is 0 Å². The predicted octanol–water partition coefficient (Wildman–Crippen LogP) is 2.72. The van der Waals surface area contributed by atoms with Gasteiger partial charge in [0.15, 0.2) is 0 Å². The third-order valence-corrected chi connectivity index (χ3v) is 4.83. The zero-order valence-electron chi connectivity index (χ0n) is 13.1. The number of carbonyl (C=O) groups excluding carboxylic acids is 2. The molecule has 23 heavy (non-hydrogen) atoms. The maximum Gasteiger partial charge on any atom is 0.227 e. The molecule has 1 atom stereocenters. The molecule has 1 saturated heterocycles. The van der Waals surface area contributed by atoms with Crippen molar-refractivity contribution in [2.75, 3.05) is 16.8 Å². The molecule has 1 aromatic heterocycles. The highest BCUT2D eigenvalue weighted by atomic mass is 32.1. The van der Waals surface area contributed by atoms with Crippen LogP contribution in [0.5, 0.6) is 0 Å². The molecule has 1 fully saturated rings. The van der Waals surface area contributed by atoms with E-state index in [1.165, 1.54) is 11.3 Å². The molecule has 1 unspecified atom stereocenters. The summed E-state index contributed by atoms with van der Waals surface area (Å²) in [5.74, 6) is 0.0262. The molecule has 0 saturated carbocycles. The lowest BCUT2D eigenvalue weighted by molar-refractivity contribution is -0.117. The summed E-state index contributed by atoms with van der Waals surface area (Å²) in [6.07, 6.45) is 0.822. The molecule has 0 radical (unpaired) electrons. The van der Waals surface area contributed by atoms with Gasteiger partial charge in [0.05, 0.1) is 0 Å². The molecule has 3 rings (SSSR count). The van der Waals surface area contributed by atoms with Gasteiger partial charge in [-0.3, -0.25) is 9.59 Å². The molecule has 6 nitrogen and oxygen atoms in total. The number of hydrogen-bond donors (Lipinski definition) is 1. The topological polar surface area (TPSA) is 75.2 Å². The van der Waals surface area contributed by atoms with Crippen molar-refractivity contribution in [3.8, 4) is 0 Å².